The van der Waals surface area contributed by atoms with Crippen molar-refractivity contribution in [3.63, 3.8) is 0 Å². The van der Waals surface area contributed by atoms with Crippen LogP contribution in [0.15, 0.2) is 42.6 Å². The maximum absolute atomic E-state index is 13.6. The highest BCUT2D eigenvalue weighted by molar-refractivity contribution is 5.76. The molecule has 2 aliphatic rings. The number of hydrogen-bond acceptors (Lipinski definition) is 7. The molecule has 1 amide bonds. The minimum absolute atomic E-state index is 0.0203. The van der Waals surface area contributed by atoms with Crippen LogP contribution in [0.3, 0.4) is 0 Å². The fraction of sp³-hybridized carbons (Fsp3) is 0.438. The van der Waals surface area contributed by atoms with Crippen LogP contribution >= 0.6 is 0 Å². The molecular weight excluding hydrogens is 634 g/mol. The van der Waals surface area contributed by atoms with E-state index in [4.69, 9.17) is 14.5 Å². The Labute approximate surface area is 266 Å². The van der Waals surface area contributed by atoms with Crippen LogP contribution in [0.5, 0.6) is 5.75 Å². The largest absolute Gasteiger partial charge is 0.496 e. The number of carbonyl (C=O) groups excluding carboxylic acids is 1. The predicted octanol–water partition coefficient (Wildman–Crippen LogP) is 7.23. The molecule has 15 heteroatoms. The summed E-state index contributed by atoms with van der Waals surface area (Å²) in [6.45, 7) is 6.18. The van der Waals surface area contributed by atoms with Gasteiger partial charge in [0.05, 0.1) is 42.9 Å². The fourth-order valence-electron chi connectivity index (χ4n) is 5.70. The van der Waals surface area contributed by atoms with Crippen molar-refractivity contribution >= 4 is 18.0 Å². The molecule has 0 spiro atoms. The Morgan fingerprint density at radius 1 is 1.00 bits per heavy atom. The minimum Gasteiger partial charge on any atom is -0.496 e. The summed E-state index contributed by atoms with van der Waals surface area (Å²) in [7, 11) is 1.45. The topological polar surface area (TPSA) is 105 Å². The Bertz CT molecular complexity index is 1660. The highest BCUT2D eigenvalue weighted by atomic mass is 19.4. The Morgan fingerprint density at radius 2 is 1.64 bits per heavy atom. The number of benzene rings is 2. The van der Waals surface area contributed by atoms with E-state index in [-0.39, 0.29) is 19.0 Å². The van der Waals surface area contributed by atoms with E-state index in [9.17, 15) is 41.0 Å². The van der Waals surface area contributed by atoms with E-state index in [1.807, 2.05) is 4.90 Å². The zero-order valence-electron chi connectivity index (χ0n) is 25.9. The van der Waals surface area contributed by atoms with Gasteiger partial charge >= 0.3 is 24.4 Å². The number of amides is 1. The molecule has 1 N–H and O–H groups in total. The number of alkyl halides is 6. The molecule has 9 nitrogen and oxygen atoms in total. The van der Waals surface area contributed by atoms with Crippen LogP contribution in [-0.2, 0) is 33.8 Å². The third-order valence-electron chi connectivity index (χ3n) is 8.51. The Kier molecular flexibility index (Phi) is 8.79. The number of rotatable bonds is 9. The number of ether oxygens (including phenoxy) is 2. The second-order valence-electron chi connectivity index (χ2n) is 12.3. The first-order valence-electron chi connectivity index (χ1n) is 14.7. The van der Waals surface area contributed by atoms with Gasteiger partial charge in [0.2, 0.25) is 5.95 Å². The van der Waals surface area contributed by atoms with Gasteiger partial charge in [-0.15, -0.1) is 0 Å². The molecule has 0 bridgehead atoms. The molecule has 5 rings (SSSR count). The lowest BCUT2D eigenvalue weighted by Gasteiger charge is -2.31. The quantitative estimate of drug-likeness (QED) is 0.239. The molecule has 47 heavy (non-hydrogen) atoms. The number of methoxy groups -OCH3 is 1. The number of carboxylic acid groups (broad SMARTS) is 1. The van der Waals surface area contributed by atoms with Crippen LogP contribution in [0.4, 0.5) is 37.1 Å². The van der Waals surface area contributed by atoms with Crippen LogP contribution in [-0.4, -0.2) is 58.3 Å². The Hall–Kier alpha value is -4.56. The molecule has 3 heterocycles. The summed E-state index contributed by atoms with van der Waals surface area (Å²) in [6.07, 6.45) is -10.2. The van der Waals surface area contributed by atoms with Gasteiger partial charge in [0, 0.05) is 35.8 Å². The number of nitrogens with zero attached hydrogens (tertiary/aromatic N) is 4. The monoisotopic (exact) mass is 666 g/mol. The third kappa shape index (κ3) is 6.93. The van der Waals surface area contributed by atoms with E-state index in [1.54, 1.807) is 38.2 Å². The number of carbonyl (C=O) groups is 2. The van der Waals surface area contributed by atoms with Crippen molar-refractivity contribution in [2.24, 2.45) is 0 Å². The zero-order chi connectivity index (χ0) is 34.5. The standard InChI is InChI=1S/C32H32F6N4O5/c1-17-27(18-10-20(31(33,34)35)12-21(11-18)32(36,37)38)47-29(45)42(17)16-24-23(15-39-28(40-24)41-8-5-9-41)22-13-19(6-7-25(22)46-4)30(2,3)14-26(43)44/h6-7,10-13,15,17,27H,5,8-9,14,16H2,1-4H3,(H,43,44)/t17-,27-/m0/s1. The van der Waals surface area contributed by atoms with Crippen LogP contribution in [0.1, 0.15) is 67.7 Å². The molecule has 3 aromatic rings. The van der Waals surface area contributed by atoms with Crippen LogP contribution in [0.25, 0.3) is 11.1 Å². The summed E-state index contributed by atoms with van der Waals surface area (Å²) in [5.74, 6) is -0.213. The van der Waals surface area contributed by atoms with Crippen molar-refractivity contribution in [2.75, 3.05) is 25.1 Å². The van der Waals surface area contributed by atoms with E-state index in [0.717, 1.165) is 6.42 Å². The SMILES string of the molecule is COc1ccc(C(C)(C)CC(=O)O)cc1-c1cnc(N2CCC2)nc1CN1C(=O)O[C@H](c2cc(C(F)(F)F)cc(C(F)(F)F)c2)[C@@H]1C. The van der Waals surface area contributed by atoms with E-state index in [1.165, 1.54) is 18.9 Å². The Morgan fingerprint density at radius 3 is 2.17 bits per heavy atom. The molecule has 2 aromatic carbocycles. The van der Waals surface area contributed by atoms with Gasteiger partial charge in [-0.2, -0.15) is 26.3 Å². The first-order chi connectivity index (χ1) is 21.9. The lowest BCUT2D eigenvalue weighted by Crippen LogP contribution is -2.39. The molecule has 0 unspecified atom stereocenters. The number of carboxylic acids is 1. The van der Waals surface area contributed by atoms with Gasteiger partial charge in [0.1, 0.15) is 11.9 Å². The van der Waals surface area contributed by atoms with Crippen LogP contribution in [0.2, 0.25) is 0 Å². The van der Waals surface area contributed by atoms with Crippen molar-refractivity contribution in [1.29, 1.82) is 0 Å². The van der Waals surface area contributed by atoms with Gasteiger partial charge in [-0.25, -0.2) is 14.8 Å². The normalized spacial score (nSPS) is 18.6. The number of hydrogen-bond donors (Lipinski definition) is 1. The van der Waals surface area contributed by atoms with Crippen LogP contribution < -0.4 is 9.64 Å². The number of aromatic nitrogens is 2. The van der Waals surface area contributed by atoms with Gasteiger partial charge < -0.3 is 19.5 Å². The van der Waals surface area contributed by atoms with Crippen LogP contribution in [0, 0.1) is 0 Å². The summed E-state index contributed by atoms with van der Waals surface area (Å²) in [4.78, 5) is 37.1. The van der Waals surface area contributed by atoms with Gasteiger partial charge in [-0.1, -0.05) is 19.9 Å². The first kappa shape index (κ1) is 33.8. The molecule has 2 saturated heterocycles. The van der Waals surface area contributed by atoms with Crippen molar-refractivity contribution in [3.8, 4) is 16.9 Å². The maximum Gasteiger partial charge on any atom is 0.416 e. The van der Waals surface area contributed by atoms with E-state index < -0.39 is 58.7 Å². The van der Waals surface area contributed by atoms with Crippen molar-refractivity contribution < 1.29 is 50.5 Å². The van der Waals surface area contributed by atoms with E-state index in [0.29, 0.717) is 59.3 Å². The molecule has 1 aromatic heterocycles. The lowest BCUT2D eigenvalue weighted by atomic mass is 9.80. The highest BCUT2D eigenvalue weighted by Gasteiger charge is 2.44. The zero-order valence-corrected chi connectivity index (χ0v) is 25.9. The average Bonchev–Trinajstić information content (AvgIpc) is 3.23. The molecule has 252 valence electrons. The van der Waals surface area contributed by atoms with Crippen molar-refractivity contribution in [3.05, 3.63) is 70.5 Å². The highest BCUT2D eigenvalue weighted by Crippen LogP contribution is 2.42. The Balaban J connectivity index is 1.56. The smallest absolute Gasteiger partial charge is 0.416 e. The van der Waals surface area contributed by atoms with Crippen molar-refractivity contribution in [1.82, 2.24) is 14.9 Å². The number of aliphatic carboxylic acids is 1. The maximum atomic E-state index is 13.6. The molecular formula is C32H32F6N4O5. The minimum atomic E-state index is -5.07. The predicted molar refractivity (Wildman–Crippen MR) is 157 cm³/mol. The first-order valence-corrected chi connectivity index (χ1v) is 14.7. The number of cyclic esters (lactones) is 1. The number of halogens is 6. The van der Waals surface area contributed by atoms with Gasteiger partial charge in [0.25, 0.3) is 0 Å². The molecule has 0 radical (unpaired) electrons. The third-order valence-corrected chi connectivity index (χ3v) is 8.51. The van der Waals surface area contributed by atoms with E-state index >= 15 is 0 Å². The van der Waals surface area contributed by atoms with E-state index in [2.05, 4.69) is 4.98 Å². The number of anilines is 1. The second kappa shape index (κ2) is 12.2. The fourth-order valence-corrected chi connectivity index (χ4v) is 5.70. The average molecular weight is 667 g/mol. The van der Waals surface area contributed by atoms with Gasteiger partial charge in [-0.05, 0) is 54.8 Å². The lowest BCUT2D eigenvalue weighted by molar-refractivity contribution is -0.143. The molecule has 2 atom stereocenters. The molecule has 0 aliphatic carbocycles. The summed E-state index contributed by atoms with van der Waals surface area (Å²) in [5, 5.41) is 9.47. The van der Waals surface area contributed by atoms with Crippen molar-refractivity contribution in [2.45, 2.75) is 70.1 Å². The summed E-state index contributed by atoms with van der Waals surface area (Å²) in [5.41, 5.74) is -2.34. The molecule has 2 aliphatic heterocycles. The summed E-state index contributed by atoms with van der Waals surface area (Å²) < 4.78 is 92.5. The second-order valence-corrected chi connectivity index (χ2v) is 12.3. The van der Waals surface area contributed by atoms with Gasteiger partial charge in [-0.3, -0.25) is 9.69 Å². The summed E-state index contributed by atoms with van der Waals surface area (Å²) >= 11 is 0. The summed E-state index contributed by atoms with van der Waals surface area (Å²) in [6, 6.07) is 5.31. The molecule has 2 fully saturated rings. The molecule has 0 saturated carbocycles. The van der Waals surface area contributed by atoms with Gasteiger partial charge in [0.15, 0.2) is 0 Å².